The number of carbonyl (C=O) groups is 3. The largest absolute Gasteiger partial charge is 0.508 e. The smallest absolute Gasteiger partial charge is 0.350 e. The summed E-state index contributed by atoms with van der Waals surface area (Å²) in [4.78, 5) is 44.6. The maximum absolute atomic E-state index is 13.3. The van der Waals surface area contributed by atoms with Crippen LogP contribution in [0.4, 0.5) is 5.13 Å². The maximum atomic E-state index is 13.3. The predicted molar refractivity (Wildman–Crippen MR) is 136 cm³/mol. The molecule has 2 heterocycles. The Kier molecular flexibility index (Phi) is 7.12. The fraction of sp³-hybridized carbons (Fsp3) is 0.111. The van der Waals surface area contributed by atoms with E-state index in [9.17, 15) is 24.6 Å². The van der Waals surface area contributed by atoms with Crippen LogP contribution in [0.3, 0.4) is 0 Å². The molecule has 1 atom stereocenters. The summed E-state index contributed by atoms with van der Waals surface area (Å²) >= 11 is 0.903. The lowest BCUT2D eigenvalue weighted by atomic mass is 9.95. The number of allylic oxidation sites excluding steroid dienone is 1. The predicted octanol–water partition coefficient (Wildman–Crippen LogP) is 4.68. The minimum atomic E-state index is -1.08. The van der Waals surface area contributed by atoms with Crippen molar-refractivity contribution in [3.63, 3.8) is 0 Å². The number of phenols is 1. The van der Waals surface area contributed by atoms with E-state index < -0.39 is 29.5 Å². The van der Waals surface area contributed by atoms with Crippen LogP contribution < -0.4 is 4.90 Å². The molecule has 1 aromatic heterocycles. The topological polar surface area (TPSA) is 117 Å². The molecule has 1 amide bonds. The highest BCUT2D eigenvalue weighted by Crippen LogP contribution is 2.43. The highest BCUT2D eigenvalue weighted by atomic mass is 32.1. The lowest BCUT2D eigenvalue weighted by Gasteiger charge is -2.24. The third-order valence-corrected chi connectivity index (χ3v) is 6.53. The van der Waals surface area contributed by atoms with Crippen LogP contribution in [0, 0.1) is 6.92 Å². The summed E-state index contributed by atoms with van der Waals surface area (Å²) in [7, 11) is 0. The van der Waals surface area contributed by atoms with Crippen molar-refractivity contribution in [3.05, 3.63) is 106 Å². The summed E-state index contributed by atoms with van der Waals surface area (Å²) in [5.41, 5.74) is 1.31. The summed E-state index contributed by atoms with van der Waals surface area (Å²) in [6.45, 7) is 5.11. The number of ether oxygens (including phenoxy) is 1. The molecule has 182 valence electrons. The van der Waals surface area contributed by atoms with Crippen LogP contribution in [0.2, 0.25) is 0 Å². The van der Waals surface area contributed by atoms with E-state index in [2.05, 4.69) is 11.6 Å². The van der Waals surface area contributed by atoms with E-state index in [1.165, 1.54) is 24.3 Å². The lowest BCUT2D eigenvalue weighted by molar-refractivity contribution is -0.117. The first-order valence-corrected chi connectivity index (χ1v) is 11.7. The Bertz CT molecular complexity index is 1410. The first-order valence-electron chi connectivity index (χ1n) is 10.9. The molecular weight excluding hydrogens is 480 g/mol. The normalized spacial score (nSPS) is 15.5. The Morgan fingerprint density at radius 3 is 2.61 bits per heavy atom. The zero-order chi connectivity index (χ0) is 25.8. The Morgan fingerprint density at radius 1 is 1.17 bits per heavy atom. The molecule has 3 aromatic rings. The molecule has 0 saturated heterocycles. The van der Waals surface area contributed by atoms with E-state index in [1.807, 2.05) is 30.3 Å². The van der Waals surface area contributed by atoms with Gasteiger partial charge in [-0.05, 0) is 36.3 Å². The standard InChI is InChI=1S/C27H22N2O6S/c1-3-14-35-26(34)24-16(2)28-27(36-24)29-22(18-10-7-11-19(30)15-18)21(23(32)25(29)33)20(31)13-12-17-8-5-4-6-9-17/h3-13,15,22,30,32H,1,14H2,2H3/b13-12+. The number of thiazole rings is 1. The number of hydrogen-bond acceptors (Lipinski definition) is 8. The van der Waals surface area contributed by atoms with E-state index in [0.29, 0.717) is 11.3 Å². The van der Waals surface area contributed by atoms with Gasteiger partial charge >= 0.3 is 5.97 Å². The molecule has 0 saturated carbocycles. The van der Waals surface area contributed by atoms with Gasteiger partial charge in [0, 0.05) is 0 Å². The molecule has 8 nitrogen and oxygen atoms in total. The zero-order valence-corrected chi connectivity index (χ0v) is 20.1. The minimum absolute atomic E-state index is 0.00874. The van der Waals surface area contributed by atoms with Gasteiger partial charge in [-0.2, -0.15) is 0 Å². The Hall–Kier alpha value is -4.50. The van der Waals surface area contributed by atoms with E-state index in [4.69, 9.17) is 4.74 Å². The number of hydrogen-bond donors (Lipinski definition) is 2. The van der Waals surface area contributed by atoms with Crippen molar-refractivity contribution < 1.29 is 29.3 Å². The highest BCUT2D eigenvalue weighted by molar-refractivity contribution is 7.17. The number of ketones is 1. The van der Waals surface area contributed by atoms with Gasteiger partial charge < -0.3 is 14.9 Å². The number of esters is 1. The van der Waals surface area contributed by atoms with Crippen LogP contribution in [-0.4, -0.2) is 39.5 Å². The van der Waals surface area contributed by atoms with Crippen LogP contribution in [0.1, 0.15) is 32.5 Å². The molecule has 2 aromatic carbocycles. The number of rotatable bonds is 8. The van der Waals surface area contributed by atoms with Crippen LogP contribution in [0.5, 0.6) is 5.75 Å². The van der Waals surface area contributed by atoms with Crippen molar-refractivity contribution in [1.29, 1.82) is 0 Å². The average molecular weight is 503 g/mol. The Morgan fingerprint density at radius 2 is 1.92 bits per heavy atom. The number of phenolic OH excluding ortho intramolecular Hbond substituents is 1. The Balaban J connectivity index is 1.77. The number of anilines is 1. The summed E-state index contributed by atoms with van der Waals surface area (Å²) in [6.07, 6.45) is 4.29. The number of aromatic hydroxyl groups is 1. The van der Waals surface area contributed by atoms with Crippen molar-refractivity contribution in [2.24, 2.45) is 0 Å². The number of aryl methyl sites for hydroxylation is 1. The fourth-order valence-corrected chi connectivity index (χ4v) is 4.75. The zero-order valence-electron chi connectivity index (χ0n) is 19.2. The van der Waals surface area contributed by atoms with Crippen molar-refractivity contribution in [2.45, 2.75) is 13.0 Å². The molecule has 36 heavy (non-hydrogen) atoms. The number of carbonyl (C=O) groups excluding carboxylic acids is 3. The van der Waals surface area contributed by atoms with Crippen molar-refractivity contribution in [1.82, 2.24) is 4.98 Å². The number of amides is 1. The van der Waals surface area contributed by atoms with E-state index in [1.54, 1.807) is 25.1 Å². The van der Waals surface area contributed by atoms with Crippen LogP contribution in [-0.2, 0) is 14.3 Å². The van der Waals surface area contributed by atoms with Crippen molar-refractivity contribution in [3.8, 4) is 5.75 Å². The van der Waals surface area contributed by atoms with Gasteiger partial charge in [-0.3, -0.25) is 14.5 Å². The Labute approximate surface area is 211 Å². The second-order valence-electron chi connectivity index (χ2n) is 7.84. The molecule has 0 fully saturated rings. The van der Waals surface area contributed by atoms with Gasteiger partial charge in [-0.25, -0.2) is 9.78 Å². The molecule has 9 heteroatoms. The summed E-state index contributed by atoms with van der Waals surface area (Å²) in [5.74, 6) is -2.87. The number of aromatic nitrogens is 1. The second-order valence-corrected chi connectivity index (χ2v) is 8.82. The van der Waals surface area contributed by atoms with Crippen molar-refractivity contribution >= 4 is 40.2 Å². The number of benzene rings is 2. The molecule has 1 aliphatic heterocycles. The molecule has 1 aliphatic rings. The van der Waals surface area contributed by atoms with Gasteiger partial charge in [0.2, 0.25) is 0 Å². The van der Waals surface area contributed by atoms with E-state index >= 15 is 0 Å². The van der Waals surface area contributed by atoms with E-state index in [0.717, 1.165) is 21.8 Å². The summed E-state index contributed by atoms with van der Waals surface area (Å²) < 4.78 is 5.10. The first kappa shape index (κ1) is 24.6. The summed E-state index contributed by atoms with van der Waals surface area (Å²) in [5, 5.41) is 21.0. The molecule has 1 unspecified atom stereocenters. The van der Waals surface area contributed by atoms with Gasteiger partial charge in [0.15, 0.2) is 16.7 Å². The molecule has 4 rings (SSSR count). The van der Waals surface area contributed by atoms with Crippen molar-refractivity contribution in [2.75, 3.05) is 11.5 Å². The summed E-state index contributed by atoms with van der Waals surface area (Å²) in [6, 6.07) is 14.1. The molecule has 0 spiro atoms. The third-order valence-electron chi connectivity index (χ3n) is 5.40. The molecule has 0 aliphatic carbocycles. The second kappa shape index (κ2) is 10.4. The van der Waals surface area contributed by atoms with Gasteiger partial charge in [0.1, 0.15) is 17.2 Å². The van der Waals surface area contributed by atoms with Crippen LogP contribution >= 0.6 is 11.3 Å². The van der Waals surface area contributed by atoms with Gasteiger partial charge in [0.05, 0.1) is 17.3 Å². The number of nitrogens with zero attached hydrogens (tertiary/aromatic N) is 2. The van der Waals surface area contributed by atoms with Gasteiger partial charge in [-0.1, -0.05) is 72.5 Å². The van der Waals surface area contributed by atoms with Crippen LogP contribution in [0.25, 0.3) is 6.08 Å². The van der Waals surface area contributed by atoms with Gasteiger partial charge in [0.25, 0.3) is 5.91 Å². The number of aliphatic hydroxyl groups excluding tert-OH is 1. The third kappa shape index (κ3) is 4.82. The average Bonchev–Trinajstić information content (AvgIpc) is 3.38. The lowest BCUT2D eigenvalue weighted by Crippen LogP contribution is -2.30. The van der Waals surface area contributed by atoms with Gasteiger partial charge in [-0.15, -0.1) is 0 Å². The monoisotopic (exact) mass is 502 g/mol. The fourth-order valence-electron chi connectivity index (χ4n) is 3.77. The maximum Gasteiger partial charge on any atom is 0.350 e. The highest BCUT2D eigenvalue weighted by Gasteiger charge is 2.45. The quantitative estimate of drug-likeness (QED) is 0.261. The molecule has 0 bridgehead atoms. The minimum Gasteiger partial charge on any atom is -0.508 e. The van der Waals surface area contributed by atoms with Crippen LogP contribution in [0.15, 0.2) is 84.7 Å². The SMILES string of the molecule is C=CCOC(=O)c1sc(N2C(=O)C(O)=C(C(=O)/C=C/c3ccccc3)C2c2cccc(O)c2)nc1C. The number of aliphatic hydroxyl groups is 1. The molecule has 0 radical (unpaired) electrons. The molecule has 2 N–H and O–H groups in total. The first-order chi connectivity index (χ1) is 17.3. The van der Waals surface area contributed by atoms with E-state index in [-0.39, 0.29) is 27.9 Å². The molecular formula is C27H22N2O6S.